The van der Waals surface area contributed by atoms with Crippen molar-refractivity contribution in [3.05, 3.63) is 42.6 Å². The van der Waals surface area contributed by atoms with Crippen molar-refractivity contribution in [1.29, 1.82) is 0 Å². The van der Waals surface area contributed by atoms with Gasteiger partial charge < -0.3 is 15.5 Å². The van der Waals surface area contributed by atoms with Crippen LogP contribution in [0.15, 0.2) is 36.8 Å². The fourth-order valence-corrected chi connectivity index (χ4v) is 3.78. The molecular weight excluding hydrogens is 375 g/mol. The molecule has 0 spiro atoms. The maximum absolute atomic E-state index is 13.6. The highest BCUT2D eigenvalue weighted by Gasteiger charge is 2.27. The summed E-state index contributed by atoms with van der Waals surface area (Å²) in [5.74, 6) is 0.793. The standard InChI is InChI=1S/C20H25FN6O2/c1-13(17(29)12-28)26-8-2-3-15(11-26)24-18-6-7-22-20(25-18)16-9-23-19-5-4-14(21)10-27(16)19/h4-7,9-10,13,15,17,28-29H,2-3,8,11-12H2,1H3,(H,22,24,25)/t13?,15-,17-/m1/s1. The van der Waals surface area contributed by atoms with Crippen molar-refractivity contribution in [1.82, 2.24) is 24.3 Å². The molecule has 29 heavy (non-hydrogen) atoms. The van der Waals surface area contributed by atoms with E-state index in [1.54, 1.807) is 28.9 Å². The zero-order valence-electron chi connectivity index (χ0n) is 16.2. The summed E-state index contributed by atoms with van der Waals surface area (Å²) in [7, 11) is 0. The molecule has 3 N–H and O–H groups in total. The van der Waals surface area contributed by atoms with Crippen molar-refractivity contribution in [3.63, 3.8) is 0 Å². The highest BCUT2D eigenvalue weighted by molar-refractivity contribution is 5.58. The minimum atomic E-state index is -0.755. The predicted molar refractivity (Wildman–Crippen MR) is 107 cm³/mol. The Morgan fingerprint density at radius 2 is 2.17 bits per heavy atom. The fraction of sp³-hybridized carbons (Fsp3) is 0.450. The van der Waals surface area contributed by atoms with Crippen LogP contribution in [-0.2, 0) is 0 Å². The second kappa shape index (κ2) is 8.40. The van der Waals surface area contributed by atoms with E-state index in [-0.39, 0.29) is 24.5 Å². The second-order valence-corrected chi connectivity index (χ2v) is 7.45. The molecule has 9 heteroatoms. The first-order valence-electron chi connectivity index (χ1n) is 9.80. The van der Waals surface area contributed by atoms with Gasteiger partial charge in [-0.3, -0.25) is 9.30 Å². The number of fused-ring (bicyclic) bond motifs is 1. The Morgan fingerprint density at radius 3 is 3.00 bits per heavy atom. The predicted octanol–water partition coefficient (Wildman–Crippen LogP) is 1.55. The summed E-state index contributed by atoms with van der Waals surface area (Å²) in [6, 6.07) is 4.84. The number of aliphatic hydroxyl groups excluding tert-OH is 2. The van der Waals surface area contributed by atoms with Crippen LogP contribution in [0.25, 0.3) is 17.2 Å². The summed E-state index contributed by atoms with van der Waals surface area (Å²) in [6.45, 7) is 3.32. The summed E-state index contributed by atoms with van der Waals surface area (Å²) in [6.07, 6.45) is 5.89. The number of halogens is 1. The van der Waals surface area contributed by atoms with Crippen LogP contribution in [0.1, 0.15) is 19.8 Å². The first-order valence-corrected chi connectivity index (χ1v) is 9.80. The van der Waals surface area contributed by atoms with Gasteiger partial charge in [-0.05, 0) is 44.5 Å². The van der Waals surface area contributed by atoms with E-state index < -0.39 is 6.10 Å². The number of aromatic nitrogens is 4. The van der Waals surface area contributed by atoms with Gasteiger partial charge in [-0.25, -0.2) is 19.3 Å². The van der Waals surface area contributed by atoms with Crippen LogP contribution in [0, 0.1) is 5.82 Å². The van der Waals surface area contributed by atoms with E-state index in [9.17, 15) is 14.6 Å². The van der Waals surface area contributed by atoms with E-state index in [4.69, 9.17) is 0 Å². The van der Waals surface area contributed by atoms with Crippen molar-refractivity contribution in [2.75, 3.05) is 25.0 Å². The van der Waals surface area contributed by atoms with Crippen LogP contribution >= 0.6 is 0 Å². The minimum absolute atomic E-state index is 0.112. The van der Waals surface area contributed by atoms with Gasteiger partial charge in [0.2, 0.25) is 0 Å². The SMILES string of the molecule is CC([C@H](O)CO)N1CCC[C@@H](Nc2ccnc(-c3cnc4ccc(F)cn34)n2)C1. The van der Waals surface area contributed by atoms with Gasteiger partial charge in [0.25, 0.3) is 0 Å². The van der Waals surface area contributed by atoms with Crippen molar-refractivity contribution in [2.45, 2.75) is 38.0 Å². The lowest BCUT2D eigenvalue weighted by atomic mass is 10.0. The van der Waals surface area contributed by atoms with Crippen LogP contribution in [0.5, 0.6) is 0 Å². The van der Waals surface area contributed by atoms with E-state index in [0.29, 0.717) is 23.0 Å². The lowest BCUT2D eigenvalue weighted by Gasteiger charge is -2.38. The van der Waals surface area contributed by atoms with Gasteiger partial charge in [-0.15, -0.1) is 0 Å². The molecule has 154 valence electrons. The Morgan fingerprint density at radius 1 is 1.31 bits per heavy atom. The molecule has 3 aromatic heterocycles. The molecule has 4 heterocycles. The highest BCUT2D eigenvalue weighted by Crippen LogP contribution is 2.21. The molecule has 1 saturated heterocycles. The number of hydrogen-bond donors (Lipinski definition) is 3. The van der Waals surface area contributed by atoms with E-state index in [0.717, 1.165) is 25.9 Å². The number of aliphatic hydroxyl groups is 2. The van der Waals surface area contributed by atoms with Crippen LogP contribution in [0.2, 0.25) is 0 Å². The van der Waals surface area contributed by atoms with Crippen molar-refractivity contribution in [3.8, 4) is 11.5 Å². The summed E-state index contributed by atoms with van der Waals surface area (Å²) in [5, 5.41) is 22.6. The zero-order valence-corrected chi connectivity index (χ0v) is 16.2. The van der Waals surface area contributed by atoms with Crippen molar-refractivity contribution in [2.24, 2.45) is 0 Å². The molecule has 3 atom stereocenters. The fourth-order valence-electron chi connectivity index (χ4n) is 3.78. The lowest BCUT2D eigenvalue weighted by molar-refractivity contribution is 0.00985. The van der Waals surface area contributed by atoms with Gasteiger partial charge >= 0.3 is 0 Å². The molecule has 0 saturated carbocycles. The third-order valence-corrected chi connectivity index (χ3v) is 5.48. The molecular formula is C20H25FN6O2. The monoisotopic (exact) mass is 400 g/mol. The third-order valence-electron chi connectivity index (χ3n) is 5.48. The average Bonchev–Trinajstić information content (AvgIpc) is 3.16. The van der Waals surface area contributed by atoms with Crippen LogP contribution < -0.4 is 5.32 Å². The summed E-state index contributed by atoms with van der Waals surface area (Å²) >= 11 is 0. The molecule has 0 amide bonds. The number of nitrogens with one attached hydrogen (secondary N) is 1. The molecule has 0 radical (unpaired) electrons. The van der Waals surface area contributed by atoms with Crippen LogP contribution in [0.4, 0.5) is 10.2 Å². The number of imidazole rings is 1. The summed E-state index contributed by atoms with van der Waals surface area (Å²) in [5.41, 5.74) is 1.25. The zero-order chi connectivity index (χ0) is 20.4. The smallest absolute Gasteiger partial charge is 0.180 e. The second-order valence-electron chi connectivity index (χ2n) is 7.45. The van der Waals surface area contributed by atoms with Gasteiger partial charge in [-0.1, -0.05) is 0 Å². The van der Waals surface area contributed by atoms with Crippen molar-refractivity contribution < 1.29 is 14.6 Å². The molecule has 1 unspecified atom stereocenters. The number of pyridine rings is 1. The van der Waals surface area contributed by atoms with Gasteiger partial charge in [0.1, 0.15) is 23.0 Å². The quantitative estimate of drug-likeness (QED) is 0.577. The molecule has 1 aliphatic heterocycles. The highest BCUT2D eigenvalue weighted by atomic mass is 19.1. The number of anilines is 1. The van der Waals surface area contributed by atoms with E-state index in [2.05, 4.69) is 25.2 Å². The molecule has 3 aromatic rings. The first kappa shape index (κ1) is 19.7. The number of piperidine rings is 1. The molecule has 0 aromatic carbocycles. The topological polar surface area (TPSA) is 98.8 Å². The van der Waals surface area contributed by atoms with Crippen LogP contribution in [-0.4, -0.2) is 72.3 Å². The largest absolute Gasteiger partial charge is 0.394 e. The molecule has 0 aliphatic carbocycles. The molecule has 0 bridgehead atoms. The lowest BCUT2D eigenvalue weighted by Crippen LogP contribution is -2.51. The third kappa shape index (κ3) is 4.21. The summed E-state index contributed by atoms with van der Waals surface area (Å²) < 4.78 is 15.3. The Hall–Kier alpha value is -2.62. The number of hydrogen-bond acceptors (Lipinski definition) is 7. The van der Waals surface area contributed by atoms with Gasteiger partial charge in [0, 0.05) is 31.0 Å². The number of likely N-dealkylation sites (tertiary alicyclic amines) is 1. The minimum Gasteiger partial charge on any atom is -0.394 e. The molecule has 1 aliphatic rings. The van der Waals surface area contributed by atoms with E-state index in [1.807, 2.05) is 6.92 Å². The number of rotatable bonds is 6. The van der Waals surface area contributed by atoms with E-state index >= 15 is 0 Å². The Bertz CT molecular complexity index is 981. The molecule has 4 rings (SSSR count). The Labute approximate surface area is 168 Å². The first-order chi connectivity index (χ1) is 14.0. The van der Waals surface area contributed by atoms with Crippen LogP contribution in [0.3, 0.4) is 0 Å². The van der Waals surface area contributed by atoms with Crippen molar-refractivity contribution >= 4 is 11.5 Å². The average molecular weight is 400 g/mol. The Kier molecular flexibility index (Phi) is 5.70. The molecule has 8 nitrogen and oxygen atoms in total. The van der Waals surface area contributed by atoms with Gasteiger partial charge in [0.15, 0.2) is 5.82 Å². The van der Waals surface area contributed by atoms with E-state index in [1.165, 1.54) is 12.3 Å². The Balaban J connectivity index is 1.51. The number of nitrogens with zero attached hydrogens (tertiary/aromatic N) is 5. The maximum Gasteiger partial charge on any atom is 0.180 e. The summed E-state index contributed by atoms with van der Waals surface area (Å²) in [4.78, 5) is 15.4. The molecule has 1 fully saturated rings. The maximum atomic E-state index is 13.6. The normalized spacial score (nSPS) is 19.9. The van der Waals surface area contributed by atoms with Gasteiger partial charge in [0.05, 0.1) is 18.9 Å². The van der Waals surface area contributed by atoms with Gasteiger partial charge in [-0.2, -0.15) is 0 Å².